The number of unbranched alkanes of at least 4 members (excludes halogenated alkanes) is 1. The minimum atomic E-state index is -3.57. The van der Waals surface area contributed by atoms with E-state index in [2.05, 4.69) is 31.8 Å². The van der Waals surface area contributed by atoms with E-state index in [-0.39, 0.29) is 11.4 Å². The van der Waals surface area contributed by atoms with Crippen LogP contribution in [0.2, 0.25) is 0 Å². The zero-order chi connectivity index (χ0) is 21.4. The Hall–Kier alpha value is -2.39. The molecule has 0 bridgehead atoms. The van der Waals surface area contributed by atoms with Crippen LogP contribution in [0.25, 0.3) is 0 Å². The highest BCUT2D eigenvalue weighted by molar-refractivity contribution is 7.89. The van der Waals surface area contributed by atoms with Crippen LogP contribution < -0.4 is 19.7 Å². The molecule has 164 valence electrons. The predicted molar refractivity (Wildman–Crippen MR) is 119 cm³/mol. The highest BCUT2D eigenvalue weighted by Crippen LogP contribution is 2.20. The molecule has 0 amide bonds. The molecule has 1 aromatic carbocycles. The molecule has 1 aliphatic heterocycles. The molecule has 2 heterocycles. The Morgan fingerprint density at radius 3 is 2.53 bits per heavy atom. The lowest BCUT2D eigenvalue weighted by atomic mass is 10.3. The van der Waals surface area contributed by atoms with Crippen molar-refractivity contribution >= 4 is 21.7 Å². The summed E-state index contributed by atoms with van der Waals surface area (Å²) in [6, 6.07) is 8.42. The summed E-state index contributed by atoms with van der Waals surface area (Å²) in [5.74, 6) is 3.00. The molecule has 2 aromatic rings. The Balaban J connectivity index is 1.49. The fourth-order valence-electron chi connectivity index (χ4n) is 3.26. The Morgan fingerprint density at radius 1 is 1.10 bits per heavy atom. The number of benzene rings is 1. The van der Waals surface area contributed by atoms with E-state index in [0.717, 1.165) is 31.7 Å². The van der Waals surface area contributed by atoms with Gasteiger partial charge in [0.05, 0.1) is 11.5 Å². The van der Waals surface area contributed by atoms with E-state index < -0.39 is 10.0 Å². The molecule has 1 saturated heterocycles. The van der Waals surface area contributed by atoms with Crippen molar-refractivity contribution in [3.05, 3.63) is 36.2 Å². The Morgan fingerprint density at radius 2 is 1.83 bits per heavy atom. The van der Waals surface area contributed by atoms with E-state index in [4.69, 9.17) is 4.74 Å². The SMILES string of the molecule is CCCCOc1ccc(S(=O)(=O)NCCNc2cc(N3CCCC3)nc(C)n2)cc1. The average Bonchev–Trinajstić information content (AvgIpc) is 3.27. The summed E-state index contributed by atoms with van der Waals surface area (Å²) in [5.41, 5.74) is 0. The summed E-state index contributed by atoms with van der Waals surface area (Å²) in [6.07, 6.45) is 4.39. The standard InChI is InChI=1S/C21H31N5O3S/c1-3-4-15-29-18-7-9-19(10-8-18)30(27,28)23-12-11-22-20-16-21(25-17(2)24-20)26-13-5-6-14-26/h7-10,16,23H,3-6,11-15H2,1-2H3,(H,22,24,25). The maximum absolute atomic E-state index is 12.5. The zero-order valence-electron chi connectivity index (χ0n) is 17.7. The van der Waals surface area contributed by atoms with E-state index in [9.17, 15) is 8.42 Å². The van der Waals surface area contributed by atoms with Crippen LogP contribution in [-0.2, 0) is 10.0 Å². The van der Waals surface area contributed by atoms with Crippen LogP contribution in [0.1, 0.15) is 38.4 Å². The third-order valence-electron chi connectivity index (χ3n) is 4.88. The van der Waals surface area contributed by atoms with E-state index >= 15 is 0 Å². The van der Waals surface area contributed by atoms with E-state index in [1.807, 2.05) is 13.0 Å². The molecule has 0 spiro atoms. The maximum Gasteiger partial charge on any atom is 0.240 e. The molecule has 3 rings (SSSR count). The normalized spacial score (nSPS) is 14.1. The lowest BCUT2D eigenvalue weighted by Crippen LogP contribution is -2.29. The smallest absolute Gasteiger partial charge is 0.240 e. The Labute approximate surface area is 179 Å². The van der Waals surface area contributed by atoms with Gasteiger partial charge in [0.15, 0.2) is 0 Å². The van der Waals surface area contributed by atoms with Crippen molar-refractivity contribution in [1.29, 1.82) is 0 Å². The van der Waals surface area contributed by atoms with Crippen LogP contribution in [0.4, 0.5) is 11.6 Å². The van der Waals surface area contributed by atoms with E-state index in [1.165, 1.54) is 12.8 Å². The van der Waals surface area contributed by atoms with E-state index in [1.54, 1.807) is 24.3 Å². The van der Waals surface area contributed by atoms with Gasteiger partial charge in [-0.05, 0) is 50.5 Å². The molecule has 0 saturated carbocycles. The van der Waals surface area contributed by atoms with Crippen LogP contribution >= 0.6 is 0 Å². The largest absolute Gasteiger partial charge is 0.494 e. The lowest BCUT2D eigenvalue weighted by Gasteiger charge is -2.17. The second kappa shape index (κ2) is 10.6. The maximum atomic E-state index is 12.5. The third kappa shape index (κ3) is 6.30. The lowest BCUT2D eigenvalue weighted by molar-refractivity contribution is 0.309. The van der Waals surface area contributed by atoms with Crippen molar-refractivity contribution in [1.82, 2.24) is 14.7 Å². The van der Waals surface area contributed by atoms with Gasteiger partial charge in [0.1, 0.15) is 23.2 Å². The minimum absolute atomic E-state index is 0.222. The number of aromatic nitrogens is 2. The van der Waals surface area contributed by atoms with Crippen molar-refractivity contribution < 1.29 is 13.2 Å². The molecule has 1 fully saturated rings. The molecular formula is C21H31N5O3S. The fraction of sp³-hybridized carbons (Fsp3) is 0.524. The summed E-state index contributed by atoms with van der Waals surface area (Å²) in [4.78, 5) is 11.4. The molecule has 1 aromatic heterocycles. The second-order valence-electron chi connectivity index (χ2n) is 7.35. The van der Waals surface area contributed by atoms with Crippen molar-refractivity contribution in [2.75, 3.05) is 43.0 Å². The first-order chi connectivity index (χ1) is 14.5. The summed E-state index contributed by atoms with van der Waals surface area (Å²) >= 11 is 0. The van der Waals surface area contributed by atoms with Crippen LogP contribution in [-0.4, -0.2) is 51.2 Å². The number of nitrogens with zero attached hydrogens (tertiary/aromatic N) is 3. The molecule has 30 heavy (non-hydrogen) atoms. The first-order valence-electron chi connectivity index (χ1n) is 10.5. The summed E-state index contributed by atoms with van der Waals surface area (Å²) in [5, 5.41) is 3.19. The predicted octanol–water partition coefficient (Wildman–Crippen LogP) is 2.95. The van der Waals surface area contributed by atoms with Crippen LogP contribution in [0.3, 0.4) is 0 Å². The second-order valence-corrected chi connectivity index (χ2v) is 9.12. The summed E-state index contributed by atoms with van der Waals surface area (Å²) in [7, 11) is -3.57. The quantitative estimate of drug-likeness (QED) is 0.526. The number of hydrogen-bond donors (Lipinski definition) is 2. The number of rotatable bonds is 11. The summed E-state index contributed by atoms with van der Waals surface area (Å²) in [6.45, 7) is 7.29. The first kappa shape index (κ1) is 22.3. The van der Waals surface area contributed by atoms with Gasteiger partial charge in [-0.3, -0.25) is 0 Å². The molecule has 0 aliphatic carbocycles. The van der Waals surface area contributed by atoms with Gasteiger partial charge >= 0.3 is 0 Å². The van der Waals surface area contributed by atoms with E-state index in [0.29, 0.717) is 30.5 Å². The van der Waals surface area contributed by atoms with Gasteiger partial charge in [-0.2, -0.15) is 0 Å². The topological polar surface area (TPSA) is 96.5 Å². The van der Waals surface area contributed by atoms with Crippen molar-refractivity contribution in [2.45, 2.75) is 44.4 Å². The van der Waals surface area contributed by atoms with Crippen molar-refractivity contribution in [2.24, 2.45) is 0 Å². The van der Waals surface area contributed by atoms with Gasteiger partial charge in [0.25, 0.3) is 0 Å². The molecular weight excluding hydrogens is 402 g/mol. The number of sulfonamides is 1. The van der Waals surface area contributed by atoms with Crippen molar-refractivity contribution in [3.63, 3.8) is 0 Å². The van der Waals surface area contributed by atoms with Crippen LogP contribution in [0.5, 0.6) is 5.75 Å². The van der Waals surface area contributed by atoms with Gasteiger partial charge in [0, 0.05) is 32.2 Å². The number of hydrogen-bond acceptors (Lipinski definition) is 7. The van der Waals surface area contributed by atoms with Crippen molar-refractivity contribution in [3.8, 4) is 5.75 Å². The minimum Gasteiger partial charge on any atom is -0.494 e. The Bertz CT molecular complexity index is 913. The number of anilines is 2. The third-order valence-corrected chi connectivity index (χ3v) is 6.36. The molecule has 2 N–H and O–H groups in total. The number of nitrogens with one attached hydrogen (secondary N) is 2. The summed E-state index contributed by atoms with van der Waals surface area (Å²) < 4.78 is 33.2. The first-order valence-corrected chi connectivity index (χ1v) is 12.0. The van der Waals surface area contributed by atoms with Crippen LogP contribution in [0.15, 0.2) is 35.2 Å². The zero-order valence-corrected chi connectivity index (χ0v) is 18.5. The molecule has 0 radical (unpaired) electrons. The van der Waals surface area contributed by atoms with Gasteiger partial charge in [0.2, 0.25) is 10.0 Å². The monoisotopic (exact) mass is 433 g/mol. The van der Waals surface area contributed by atoms with Crippen LogP contribution in [0, 0.1) is 6.92 Å². The highest BCUT2D eigenvalue weighted by Gasteiger charge is 2.16. The molecule has 1 aliphatic rings. The van der Waals surface area contributed by atoms with Gasteiger partial charge in [-0.15, -0.1) is 0 Å². The highest BCUT2D eigenvalue weighted by atomic mass is 32.2. The molecule has 0 atom stereocenters. The molecule has 0 unspecified atom stereocenters. The number of aryl methyl sites for hydroxylation is 1. The molecule has 8 nitrogen and oxygen atoms in total. The number of ether oxygens (including phenoxy) is 1. The average molecular weight is 434 g/mol. The molecule has 9 heteroatoms. The fourth-order valence-corrected chi connectivity index (χ4v) is 4.29. The van der Waals surface area contributed by atoms with Gasteiger partial charge in [-0.25, -0.2) is 23.1 Å². The van der Waals surface area contributed by atoms with Gasteiger partial charge in [-0.1, -0.05) is 13.3 Å². The Kier molecular flexibility index (Phi) is 7.87. The van der Waals surface area contributed by atoms with Gasteiger partial charge < -0.3 is 15.0 Å².